The Balaban J connectivity index is 1.98. The first kappa shape index (κ1) is 16.2. The van der Waals surface area contributed by atoms with Crippen molar-refractivity contribution in [2.75, 3.05) is 13.1 Å². The number of hydrogen-bond acceptors (Lipinski definition) is 5. The molecule has 0 unspecified atom stereocenters. The maximum Gasteiger partial charge on any atom is 0.231 e. The summed E-state index contributed by atoms with van der Waals surface area (Å²) in [7, 11) is 0. The number of carbonyl (C=O) groups is 1. The molecule has 0 aliphatic carbocycles. The van der Waals surface area contributed by atoms with Gasteiger partial charge in [0, 0.05) is 18.9 Å². The van der Waals surface area contributed by atoms with Crippen LogP contribution in [0, 0.1) is 0 Å². The summed E-state index contributed by atoms with van der Waals surface area (Å²) in [5.41, 5.74) is 1.99. The molecule has 1 aliphatic heterocycles. The van der Waals surface area contributed by atoms with E-state index >= 15 is 0 Å². The number of nitrogens with zero attached hydrogens (tertiary/aromatic N) is 2. The number of carbonyl (C=O) groups excluding carboxylic acids is 1. The normalized spacial score (nSPS) is 15.0. The lowest BCUT2D eigenvalue weighted by Gasteiger charge is -2.20. The number of ether oxygens (including phenoxy) is 1. The van der Waals surface area contributed by atoms with Crippen LogP contribution in [-0.4, -0.2) is 33.9 Å². The molecule has 0 radical (unpaired) electrons. The van der Waals surface area contributed by atoms with Gasteiger partial charge < -0.3 is 9.84 Å². The number of phenolic OH excluding ortho intramolecular Hbond substituents is 1. The van der Waals surface area contributed by atoms with Gasteiger partial charge in [-0.05, 0) is 49.0 Å². The second-order valence-electron chi connectivity index (χ2n) is 5.62. The highest BCUT2D eigenvalue weighted by atomic mass is 16.5. The van der Waals surface area contributed by atoms with Crippen molar-refractivity contribution >= 4 is 11.9 Å². The maximum absolute atomic E-state index is 12.6. The second-order valence-corrected chi connectivity index (χ2v) is 5.62. The molecule has 1 aliphatic rings. The maximum atomic E-state index is 12.6. The van der Waals surface area contributed by atoms with Gasteiger partial charge in [0.15, 0.2) is 5.76 Å². The molecule has 0 saturated carbocycles. The number of ketones is 1. The van der Waals surface area contributed by atoms with E-state index < -0.39 is 0 Å². The quantitative estimate of drug-likeness (QED) is 0.856. The highest BCUT2D eigenvalue weighted by Gasteiger charge is 2.31. The fraction of sp³-hybridized carbons (Fsp3) is 0.263. The summed E-state index contributed by atoms with van der Waals surface area (Å²) in [5.74, 6) is 0.719. The summed E-state index contributed by atoms with van der Waals surface area (Å²) in [6.45, 7) is 6.37. The summed E-state index contributed by atoms with van der Waals surface area (Å²) in [6, 6.07) is 6.79. The highest BCUT2D eigenvalue weighted by Crippen LogP contribution is 2.40. The molecule has 1 aromatic carbocycles. The van der Waals surface area contributed by atoms with E-state index in [4.69, 9.17) is 4.74 Å². The first-order valence-corrected chi connectivity index (χ1v) is 8.05. The Labute approximate surface area is 141 Å². The minimum atomic E-state index is -0.164. The largest absolute Gasteiger partial charge is 0.507 e. The van der Waals surface area contributed by atoms with Crippen LogP contribution in [0.4, 0.5) is 0 Å². The Kier molecular flexibility index (Phi) is 4.62. The third-order valence-corrected chi connectivity index (χ3v) is 4.20. The van der Waals surface area contributed by atoms with E-state index in [1.54, 1.807) is 42.7 Å². The third-order valence-electron chi connectivity index (χ3n) is 4.20. The molecular formula is C19H20N2O3. The number of rotatable bonds is 5. The standard InChI is InChI=1S/C19H20N2O3/c1-3-21(4-2)12-15-16(22)6-5-14-18(23)17(24-19(14)15)11-13-7-9-20-10-8-13/h5-11,22H,3-4,12H2,1-2H3. The Morgan fingerprint density at radius 3 is 2.54 bits per heavy atom. The van der Waals surface area contributed by atoms with Gasteiger partial charge in [-0.1, -0.05) is 13.8 Å². The minimum Gasteiger partial charge on any atom is -0.507 e. The van der Waals surface area contributed by atoms with Gasteiger partial charge in [-0.15, -0.1) is 0 Å². The van der Waals surface area contributed by atoms with E-state index in [-0.39, 0.29) is 17.3 Å². The number of phenols is 1. The molecular weight excluding hydrogens is 304 g/mol. The van der Waals surface area contributed by atoms with E-state index in [0.717, 1.165) is 18.7 Å². The van der Waals surface area contributed by atoms with Crippen molar-refractivity contribution in [3.05, 3.63) is 59.1 Å². The van der Waals surface area contributed by atoms with Gasteiger partial charge in [0.2, 0.25) is 5.78 Å². The molecule has 24 heavy (non-hydrogen) atoms. The Morgan fingerprint density at radius 1 is 1.17 bits per heavy atom. The van der Waals surface area contributed by atoms with Crippen LogP contribution in [0.2, 0.25) is 0 Å². The second kappa shape index (κ2) is 6.84. The molecule has 0 spiro atoms. The van der Waals surface area contributed by atoms with E-state index in [0.29, 0.717) is 23.4 Å². The molecule has 3 rings (SSSR count). The number of pyridine rings is 1. The smallest absolute Gasteiger partial charge is 0.231 e. The van der Waals surface area contributed by atoms with Gasteiger partial charge in [0.05, 0.1) is 11.1 Å². The fourth-order valence-electron chi connectivity index (χ4n) is 2.73. The first-order chi connectivity index (χ1) is 11.6. The Morgan fingerprint density at radius 2 is 1.88 bits per heavy atom. The average Bonchev–Trinajstić information content (AvgIpc) is 2.91. The molecule has 0 atom stereocenters. The number of allylic oxidation sites excluding steroid dienone is 1. The summed E-state index contributed by atoms with van der Waals surface area (Å²) < 4.78 is 5.83. The van der Waals surface area contributed by atoms with Gasteiger partial charge in [-0.2, -0.15) is 0 Å². The van der Waals surface area contributed by atoms with Crippen molar-refractivity contribution in [2.24, 2.45) is 0 Å². The SMILES string of the molecule is CCN(CC)Cc1c(O)ccc2c1OC(=Cc1ccncc1)C2=O. The molecule has 0 saturated heterocycles. The lowest BCUT2D eigenvalue weighted by atomic mass is 10.0. The van der Waals surface area contributed by atoms with E-state index in [9.17, 15) is 9.90 Å². The van der Waals surface area contributed by atoms with Gasteiger partial charge >= 0.3 is 0 Å². The zero-order valence-corrected chi connectivity index (χ0v) is 13.8. The summed E-state index contributed by atoms with van der Waals surface area (Å²) in [4.78, 5) is 18.7. The zero-order valence-electron chi connectivity index (χ0n) is 13.8. The molecule has 2 aromatic rings. The molecule has 1 aromatic heterocycles. The van der Waals surface area contributed by atoms with Crippen molar-refractivity contribution < 1.29 is 14.6 Å². The Hall–Kier alpha value is -2.66. The lowest BCUT2D eigenvalue weighted by molar-refractivity contribution is 0.101. The monoisotopic (exact) mass is 324 g/mol. The van der Waals surface area contributed by atoms with E-state index in [2.05, 4.69) is 23.7 Å². The topological polar surface area (TPSA) is 62.7 Å². The molecule has 5 nitrogen and oxygen atoms in total. The van der Waals surface area contributed by atoms with Crippen LogP contribution in [0.1, 0.15) is 35.3 Å². The molecule has 5 heteroatoms. The van der Waals surface area contributed by atoms with Gasteiger partial charge in [-0.25, -0.2) is 0 Å². The summed E-state index contributed by atoms with van der Waals surface area (Å²) in [6.07, 6.45) is 5.02. The average molecular weight is 324 g/mol. The number of aromatic hydroxyl groups is 1. The molecule has 1 N–H and O–H groups in total. The molecule has 2 heterocycles. The number of fused-ring (bicyclic) bond motifs is 1. The third kappa shape index (κ3) is 3.03. The summed E-state index contributed by atoms with van der Waals surface area (Å²) >= 11 is 0. The lowest BCUT2D eigenvalue weighted by Crippen LogP contribution is -2.22. The number of aromatic nitrogens is 1. The first-order valence-electron chi connectivity index (χ1n) is 8.05. The van der Waals surface area contributed by atoms with Crippen molar-refractivity contribution in [3.63, 3.8) is 0 Å². The van der Waals surface area contributed by atoms with Crippen molar-refractivity contribution in [3.8, 4) is 11.5 Å². The van der Waals surface area contributed by atoms with Crippen LogP contribution in [0.3, 0.4) is 0 Å². The van der Waals surface area contributed by atoms with Gasteiger partial charge in [0.25, 0.3) is 0 Å². The van der Waals surface area contributed by atoms with Crippen molar-refractivity contribution in [2.45, 2.75) is 20.4 Å². The van der Waals surface area contributed by atoms with Gasteiger partial charge in [0.1, 0.15) is 11.5 Å². The number of hydrogen-bond donors (Lipinski definition) is 1. The predicted molar refractivity (Wildman–Crippen MR) is 91.9 cm³/mol. The molecule has 0 amide bonds. The van der Waals surface area contributed by atoms with Crippen LogP contribution in [-0.2, 0) is 6.54 Å². The zero-order chi connectivity index (χ0) is 17.1. The minimum absolute atomic E-state index is 0.151. The van der Waals surface area contributed by atoms with Crippen molar-refractivity contribution in [1.29, 1.82) is 0 Å². The Bertz CT molecular complexity index is 781. The molecule has 124 valence electrons. The van der Waals surface area contributed by atoms with Gasteiger partial charge in [-0.3, -0.25) is 14.7 Å². The van der Waals surface area contributed by atoms with Crippen molar-refractivity contribution in [1.82, 2.24) is 9.88 Å². The van der Waals surface area contributed by atoms with Crippen LogP contribution in [0.5, 0.6) is 11.5 Å². The van der Waals surface area contributed by atoms with E-state index in [1.165, 1.54) is 0 Å². The summed E-state index contributed by atoms with van der Waals surface area (Å²) in [5, 5.41) is 10.2. The number of Topliss-reactive ketones (excluding diaryl/α,β-unsaturated/α-hetero) is 1. The predicted octanol–water partition coefficient (Wildman–Crippen LogP) is 3.25. The molecule has 0 bridgehead atoms. The van der Waals surface area contributed by atoms with Crippen LogP contribution in [0.25, 0.3) is 6.08 Å². The van der Waals surface area contributed by atoms with Crippen LogP contribution < -0.4 is 4.74 Å². The van der Waals surface area contributed by atoms with E-state index in [1.807, 2.05) is 0 Å². The van der Waals surface area contributed by atoms with Crippen LogP contribution in [0.15, 0.2) is 42.4 Å². The fourth-order valence-corrected chi connectivity index (χ4v) is 2.73. The molecule has 0 fully saturated rings. The number of benzene rings is 1. The highest BCUT2D eigenvalue weighted by molar-refractivity contribution is 6.14. The van der Waals surface area contributed by atoms with Crippen LogP contribution >= 0.6 is 0 Å².